The first-order valence-electron chi connectivity index (χ1n) is 7.76. The fourth-order valence-electron chi connectivity index (χ4n) is 2.38. The highest BCUT2D eigenvalue weighted by Gasteiger charge is 2.25. The molecule has 1 aromatic carbocycles. The largest absolute Gasteiger partial charge is 0.488 e. The number of nitrogens with zero attached hydrogens (tertiary/aromatic N) is 1. The molecule has 2 fully saturated rings. The average Bonchev–Trinajstić information content (AvgIpc) is 3.34. The van der Waals surface area contributed by atoms with Gasteiger partial charge in [-0.05, 0) is 31.0 Å². The summed E-state index contributed by atoms with van der Waals surface area (Å²) in [6.07, 6.45) is 2.14. The molecule has 1 heterocycles. The molecule has 7 nitrogen and oxygen atoms in total. The van der Waals surface area contributed by atoms with E-state index in [0.717, 1.165) is 12.8 Å². The number of carboxylic acid groups (broad SMARTS) is 1. The van der Waals surface area contributed by atoms with Crippen LogP contribution in [0.25, 0.3) is 0 Å². The fourth-order valence-corrected chi connectivity index (χ4v) is 2.38. The molecule has 1 saturated heterocycles. The van der Waals surface area contributed by atoms with Gasteiger partial charge in [0.05, 0.1) is 37.1 Å². The maximum Gasteiger partial charge on any atom is 0.335 e. The van der Waals surface area contributed by atoms with E-state index in [9.17, 15) is 9.59 Å². The van der Waals surface area contributed by atoms with Crippen molar-refractivity contribution in [2.45, 2.75) is 18.9 Å². The molecule has 7 heteroatoms. The lowest BCUT2D eigenvalue weighted by Gasteiger charge is -2.26. The first-order chi connectivity index (χ1) is 11.1. The van der Waals surface area contributed by atoms with Crippen molar-refractivity contribution in [3.8, 4) is 5.75 Å². The summed E-state index contributed by atoms with van der Waals surface area (Å²) in [5, 5.41) is 11.9. The molecule has 1 saturated carbocycles. The molecule has 1 aliphatic carbocycles. The van der Waals surface area contributed by atoms with Crippen molar-refractivity contribution in [2.75, 3.05) is 38.2 Å². The zero-order valence-electron chi connectivity index (χ0n) is 12.8. The highest BCUT2D eigenvalue weighted by molar-refractivity contribution is 5.96. The van der Waals surface area contributed by atoms with Gasteiger partial charge in [-0.3, -0.25) is 9.69 Å². The molecule has 23 heavy (non-hydrogen) atoms. The number of benzene rings is 1. The van der Waals surface area contributed by atoms with Crippen LogP contribution in [0.1, 0.15) is 23.2 Å². The van der Waals surface area contributed by atoms with Crippen LogP contribution >= 0.6 is 0 Å². The topological polar surface area (TPSA) is 88.1 Å². The molecule has 0 bridgehead atoms. The normalized spacial score (nSPS) is 18.4. The zero-order chi connectivity index (χ0) is 16.2. The molecule has 1 aliphatic heterocycles. The van der Waals surface area contributed by atoms with Crippen LogP contribution in [0.2, 0.25) is 0 Å². The number of anilines is 1. The van der Waals surface area contributed by atoms with Crippen LogP contribution < -0.4 is 10.1 Å². The van der Waals surface area contributed by atoms with Gasteiger partial charge < -0.3 is 19.9 Å². The highest BCUT2D eigenvalue weighted by Crippen LogP contribution is 2.32. The second-order valence-electron chi connectivity index (χ2n) is 5.77. The second-order valence-corrected chi connectivity index (χ2v) is 5.77. The first kappa shape index (κ1) is 15.8. The van der Waals surface area contributed by atoms with Gasteiger partial charge in [0.15, 0.2) is 0 Å². The van der Waals surface area contributed by atoms with Crippen LogP contribution in [0, 0.1) is 0 Å². The molecule has 124 valence electrons. The van der Waals surface area contributed by atoms with Gasteiger partial charge in [-0.2, -0.15) is 0 Å². The Morgan fingerprint density at radius 3 is 2.70 bits per heavy atom. The number of hydrogen-bond donors (Lipinski definition) is 2. The number of carbonyl (C=O) groups excluding carboxylic acids is 1. The van der Waals surface area contributed by atoms with Crippen LogP contribution in [0.3, 0.4) is 0 Å². The molecule has 1 amide bonds. The van der Waals surface area contributed by atoms with E-state index in [4.69, 9.17) is 14.6 Å². The lowest BCUT2D eigenvalue weighted by molar-refractivity contribution is -0.118. The Balaban J connectivity index is 1.69. The standard InChI is InChI=1S/C16H20N2O5/c19-15(10-18-5-7-22-8-6-18)17-13-9-11(16(20)21)1-4-14(13)23-12-2-3-12/h1,4,9,12H,2-3,5-8,10H2,(H,17,19)(H,20,21). The van der Waals surface area contributed by atoms with Crippen molar-refractivity contribution in [1.82, 2.24) is 4.90 Å². The Labute approximate surface area is 134 Å². The Morgan fingerprint density at radius 1 is 1.30 bits per heavy atom. The number of rotatable bonds is 6. The Kier molecular flexibility index (Phi) is 4.78. The van der Waals surface area contributed by atoms with Gasteiger partial charge in [-0.25, -0.2) is 4.79 Å². The predicted molar refractivity (Wildman–Crippen MR) is 82.9 cm³/mol. The lowest BCUT2D eigenvalue weighted by atomic mass is 10.2. The van der Waals surface area contributed by atoms with Gasteiger partial charge in [-0.15, -0.1) is 0 Å². The smallest absolute Gasteiger partial charge is 0.335 e. The monoisotopic (exact) mass is 320 g/mol. The number of carbonyl (C=O) groups is 2. The second kappa shape index (κ2) is 6.97. The minimum atomic E-state index is -1.04. The third-order valence-electron chi connectivity index (χ3n) is 3.79. The molecule has 0 aromatic heterocycles. The summed E-state index contributed by atoms with van der Waals surface area (Å²) in [7, 11) is 0. The van der Waals surface area contributed by atoms with E-state index in [2.05, 4.69) is 5.32 Å². The van der Waals surface area contributed by atoms with E-state index in [1.165, 1.54) is 12.1 Å². The average molecular weight is 320 g/mol. The molecule has 2 aliphatic rings. The Bertz CT molecular complexity index is 594. The molecule has 0 spiro atoms. The molecular weight excluding hydrogens is 300 g/mol. The molecular formula is C16H20N2O5. The van der Waals surface area contributed by atoms with Crippen LogP contribution in [-0.4, -0.2) is 60.8 Å². The van der Waals surface area contributed by atoms with Crippen molar-refractivity contribution in [3.05, 3.63) is 23.8 Å². The summed E-state index contributed by atoms with van der Waals surface area (Å²) in [6.45, 7) is 2.93. The summed E-state index contributed by atoms with van der Waals surface area (Å²) in [4.78, 5) is 25.3. The molecule has 2 N–H and O–H groups in total. The third-order valence-corrected chi connectivity index (χ3v) is 3.79. The van der Waals surface area contributed by atoms with Gasteiger partial charge in [0.2, 0.25) is 5.91 Å². The number of aromatic carboxylic acids is 1. The van der Waals surface area contributed by atoms with Crippen molar-refractivity contribution in [3.63, 3.8) is 0 Å². The first-order valence-corrected chi connectivity index (χ1v) is 7.76. The minimum Gasteiger partial charge on any atom is -0.488 e. The van der Waals surface area contributed by atoms with E-state index in [-0.39, 0.29) is 24.1 Å². The van der Waals surface area contributed by atoms with E-state index in [0.29, 0.717) is 37.7 Å². The maximum absolute atomic E-state index is 12.2. The van der Waals surface area contributed by atoms with Gasteiger partial charge in [-0.1, -0.05) is 0 Å². The molecule has 3 rings (SSSR count). The number of morpholine rings is 1. The summed E-state index contributed by atoms with van der Waals surface area (Å²) in [6, 6.07) is 4.53. The molecule has 0 unspecified atom stereocenters. The Morgan fingerprint density at radius 2 is 2.04 bits per heavy atom. The van der Waals surface area contributed by atoms with Gasteiger partial charge in [0.1, 0.15) is 5.75 Å². The number of hydrogen-bond acceptors (Lipinski definition) is 5. The van der Waals surface area contributed by atoms with Crippen LogP contribution in [0.15, 0.2) is 18.2 Å². The van der Waals surface area contributed by atoms with E-state index in [1.807, 2.05) is 4.90 Å². The summed E-state index contributed by atoms with van der Waals surface area (Å²) in [5.74, 6) is -0.699. The third kappa shape index (κ3) is 4.43. The van der Waals surface area contributed by atoms with Crippen LogP contribution in [0.5, 0.6) is 5.75 Å². The van der Waals surface area contributed by atoms with Gasteiger partial charge in [0, 0.05) is 13.1 Å². The lowest BCUT2D eigenvalue weighted by Crippen LogP contribution is -2.41. The van der Waals surface area contributed by atoms with E-state index >= 15 is 0 Å². The van der Waals surface area contributed by atoms with Crippen molar-refractivity contribution in [2.24, 2.45) is 0 Å². The van der Waals surface area contributed by atoms with Crippen molar-refractivity contribution < 1.29 is 24.2 Å². The fraction of sp³-hybridized carbons (Fsp3) is 0.500. The van der Waals surface area contributed by atoms with Gasteiger partial charge >= 0.3 is 5.97 Å². The number of ether oxygens (including phenoxy) is 2. The molecule has 0 radical (unpaired) electrons. The quantitative estimate of drug-likeness (QED) is 0.819. The SMILES string of the molecule is O=C(CN1CCOCC1)Nc1cc(C(=O)O)ccc1OC1CC1. The van der Waals surface area contributed by atoms with Crippen molar-refractivity contribution in [1.29, 1.82) is 0 Å². The molecule has 0 atom stereocenters. The van der Waals surface area contributed by atoms with E-state index in [1.54, 1.807) is 6.07 Å². The van der Waals surface area contributed by atoms with Gasteiger partial charge in [0.25, 0.3) is 0 Å². The maximum atomic E-state index is 12.2. The minimum absolute atomic E-state index is 0.120. The zero-order valence-corrected chi connectivity index (χ0v) is 12.8. The predicted octanol–water partition coefficient (Wildman–Crippen LogP) is 1.20. The summed E-state index contributed by atoms with van der Waals surface area (Å²) >= 11 is 0. The number of nitrogens with one attached hydrogen (secondary N) is 1. The highest BCUT2D eigenvalue weighted by atomic mass is 16.5. The number of carboxylic acids is 1. The van der Waals surface area contributed by atoms with Crippen LogP contribution in [0.4, 0.5) is 5.69 Å². The van der Waals surface area contributed by atoms with Crippen LogP contribution in [-0.2, 0) is 9.53 Å². The van der Waals surface area contributed by atoms with E-state index < -0.39 is 5.97 Å². The van der Waals surface area contributed by atoms with Crippen molar-refractivity contribution >= 4 is 17.6 Å². The Hall–Kier alpha value is -2.12. The summed E-state index contributed by atoms with van der Waals surface area (Å²) in [5.41, 5.74) is 0.532. The number of amides is 1. The summed E-state index contributed by atoms with van der Waals surface area (Å²) < 4.78 is 11.0. The molecule has 1 aromatic rings.